The van der Waals surface area contributed by atoms with Crippen LogP contribution in [0.3, 0.4) is 0 Å². The highest BCUT2D eigenvalue weighted by molar-refractivity contribution is 4.79. The quantitative estimate of drug-likeness (QED) is 0.675. The molecule has 0 aromatic heterocycles. The molecule has 0 amide bonds. The van der Waals surface area contributed by atoms with E-state index in [9.17, 15) is 0 Å². The highest BCUT2D eigenvalue weighted by Crippen LogP contribution is 2.23. The van der Waals surface area contributed by atoms with E-state index in [4.69, 9.17) is 0 Å². The maximum atomic E-state index is 3.70. The summed E-state index contributed by atoms with van der Waals surface area (Å²) in [5, 5.41) is 3.70. The molecule has 1 rings (SSSR count). The molecule has 1 aliphatic rings. The molecular formula is C16H34N2. The Morgan fingerprint density at radius 1 is 1.11 bits per heavy atom. The maximum absolute atomic E-state index is 3.70. The van der Waals surface area contributed by atoms with Crippen LogP contribution in [0, 0.1) is 5.92 Å². The van der Waals surface area contributed by atoms with Crippen LogP contribution in [0.2, 0.25) is 0 Å². The minimum Gasteiger partial charge on any atom is -0.313 e. The summed E-state index contributed by atoms with van der Waals surface area (Å²) in [5.74, 6) is 0.791. The van der Waals surface area contributed by atoms with E-state index in [1.165, 1.54) is 51.6 Å². The molecule has 0 unspecified atom stereocenters. The van der Waals surface area contributed by atoms with Crippen molar-refractivity contribution in [2.45, 2.75) is 78.3 Å². The lowest BCUT2D eigenvalue weighted by atomic mass is 10.1. The normalized spacial score (nSPS) is 17.5. The van der Waals surface area contributed by atoms with Crippen molar-refractivity contribution in [1.82, 2.24) is 10.2 Å². The topological polar surface area (TPSA) is 15.3 Å². The van der Waals surface area contributed by atoms with Crippen LogP contribution >= 0.6 is 0 Å². The second kappa shape index (κ2) is 8.92. The van der Waals surface area contributed by atoms with Crippen molar-refractivity contribution < 1.29 is 0 Å². The third-order valence-corrected chi connectivity index (χ3v) is 4.26. The molecule has 2 nitrogen and oxygen atoms in total. The predicted octanol–water partition coefficient (Wildman–Crippen LogP) is 3.67. The van der Waals surface area contributed by atoms with E-state index in [0.29, 0.717) is 0 Å². The van der Waals surface area contributed by atoms with Gasteiger partial charge in [-0.3, -0.25) is 4.90 Å². The SMILES string of the molecule is CCC(CC)NCCN(CC(C)C)C1CCCC1. The summed E-state index contributed by atoms with van der Waals surface area (Å²) < 4.78 is 0. The van der Waals surface area contributed by atoms with Gasteiger partial charge in [-0.25, -0.2) is 0 Å². The molecule has 108 valence electrons. The summed E-state index contributed by atoms with van der Waals surface area (Å²) in [5.41, 5.74) is 0. The number of nitrogens with one attached hydrogen (secondary N) is 1. The van der Waals surface area contributed by atoms with E-state index in [1.807, 2.05) is 0 Å². The molecule has 0 spiro atoms. The zero-order valence-electron chi connectivity index (χ0n) is 13.0. The summed E-state index contributed by atoms with van der Waals surface area (Å²) in [7, 11) is 0. The van der Waals surface area contributed by atoms with Gasteiger partial charge in [-0.15, -0.1) is 0 Å². The van der Waals surface area contributed by atoms with Gasteiger partial charge >= 0.3 is 0 Å². The van der Waals surface area contributed by atoms with Gasteiger partial charge in [0.05, 0.1) is 0 Å². The van der Waals surface area contributed by atoms with Crippen LogP contribution in [0.1, 0.15) is 66.2 Å². The van der Waals surface area contributed by atoms with Crippen LogP contribution in [0.25, 0.3) is 0 Å². The van der Waals surface area contributed by atoms with Gasteiger partial charge in [-0.1, -0.05) is 40.5 Å². The Bertz CT molecular complexity index is 193. The number of rotatable bonds is 9. The molecule has 1 saturated carbocycles. The van der Waals surface area contributed by atoms with Crippen LogP contribution in [0.5, 0.6) is 0 Å². The Labute approximate surface area is 115 Å². The number of hydrogen-bond acceptors (Lipinski definition) is 2. The molecule has 0 bridgehead atoms. The fourth-order valence-corrected chi connectivity index (χ4v) is 3.15. The first kappa shape index (κ1) is 16.0. The van der Waals surface area contributed by atoms with Crippen molar-refractivity contribution in [3.63, 3.8) is 0 Å². The zero-order valence-corrected chi connectivity index (χ0v) is 13.0. The molecule has 0 aromatic carbocycles. The highest BCUT2D eigenvalue weighted by atomic mass is 15.2. The van der Waals surface area contributed by atoms with Gasteiger partial charge in [0.15, 0.2) is 0 Å². The molecule has 0 heterocycles. The first-order chi connectivity index (χ1) is 8.67. The van der Waals surface area contributed by atoms with Crippen LogP contribution in [0.15, 0.2) is 0 Å². The van der Waals surface area contributed by atoms with E-state index in [2.05, 4.69) is 37.9 Å². The summed E-state index contributed by atoms with van der Waals surface area (Å²) >= 11 is 0. The van der Waals surface area contributed by atoms with Crippen LogP contribution < -0.4 is 5.32 Å². The summed E-state index contributed by atoms with van der Waals surface area (Å²) in [6.45, 7) is 12.9. The van der Waals surface area contributed by atoms with E-state index in [1.54, 1.807) is 0 Å². The van der Waals surface area contributed by atoms with Gasteiger partial charge in [0.2, 0.25) is 0 Å². The Kier molecular flexibility index (Phi) is 7.92. The first-order valence-electron chi connectivity index (χ1n) is 8.14. The lowest BCUT2D eigenvalue weighted by Crippen LogP contribution is -2.42. The highest BCUT2D eigenvalue weighted by Gasteiger charge is 2.22. The molecule has 1 aliphatic carbocycles. The van der Waals surface area contributed by atoms with Crippen LogP contribution in [-0.2, 0) is 0 Å². The maximum Gasteiger partial charge on any atom is 0.0110 e. The molecule has 0 aromatic rings. The van der Waals surface area contributed by atoms with Crippen molar-refractivity contribution in [1.29, 1.82) is 0 Å². The van der Waals surface area contributed by atoms with Crippen molar-refractivity contribution in [2.75, 3.05) is 19.6 Å². The standard InChI is InChI=1S/C16H34N2/c1-5-15(6-2)17-11-12-18(13-14(3)4)16-9-7-8-10-16/h14-17H,5-13H2,1-4H3. The van der Waals surface area contributed by atoms with Gasteiger partial charge in [0.25, 0.3) is 0 Å². The predicted molar refractivity (Wildman–Crippen MR) is 81.0 cm³/mol. The van der Waals surface area contributed by atoms with Gasteiger partial charge in [-0.2, -0.15) is 0 Å². The van der Waals surface area contributed by atoms with Crippen LogP contribution in [-0.4, -0.2) is 36.6 Å². The smallest absolute Gasteiger partial charge is 0.0110 e. The van der Waals surface area contributed by atoms with Crippen molar-refractivity contribution in [2.24, 2.45) is 5.92 Å². The molecule has 1 fully saturated rings. The van der Waals surface area contributed by atoms with Gasteiger partial charge in [-0.05, 0) is 31.6 Å². The van der Waals surface area contributed by atoms with Gasteiger partial charge < -0.3 is 5.32 Å². The average Bonchev–Trinajstić information content (AvgIpc) is 2.86. The molecule has 0 saturated heterocycles. The number of hydrogen-bond donors (Lipinski definition) is 1. The Morgan fingerprint density at radius 3 is 2.22 bits per heavy atom. The summed E-state index contributed by atoms with van der Waals surface area (Å²) in [6, 6.07) is 1.59. The molecule has 0 radical (unpaired) electrons. The summed E-state index contributed by atoms with van der Waals surface area (Å²) in [6.07, 6.45) is 8.25. The fraction of sp³-hybridized carbons (Fsp3) is 1.00. The molecule has 1 N–H and O–H groups in total. The minimum atomic E-state index is 0.717. The fourth-order valence-electron chi connectivity index (χ4n) is 3.15. The number of nitrogens with zero attached hydrogens (tertiary/aromatic N) is 1. The van der Waals surface area contributed by atoms with E-state index in [0.717, 1.165) is 24.5 Å². The molecule has 0 aliphatic heterocycles. The van der Waals surface area contributed by atoms with Crippen molar-refractivity contribution >= 4 is 0 Å². The van der Waals surface area contributed by atoms with Gasteiger partial charge in [0, 0.05) is 31.7 Å². The Balaban J connectivity index is 2.31. The lowest BCUT2D eigenvalue weighted by Gasteiger charge is -2.31. The third kappa shape index (κ3) is 5.71. The molecule has 0 atom stereocenters. The molecule has 18 heavy (non-hydrogen) atoms. The first-order valence-corrected chi connectivity index (χ1v) is 8.14. The molecule has 2 heteroatoms. The average molecular weight is 254 g/mol. The van der Waals surface area contributed by atoms with E-state index < -0.39 is 0 Å². The lowest BCUT2D eigenvalue weighted by molar-refractivity contribution is 0.175. The van der Waals surface area contributed by atoms with Crippen molar-refractivity contribution in [3.8, 4) is 0 Å². The van der Waals surface area contributed by atoms with E-state index in [-0.39, 0.29) is 0 Å². The minimum absolute atomic E-state index is 0.717. The zero-order chi connectivity index (χ0) is 13.4. The summed E-state index contributed by atoms with van der Waals surface area (Å²) in [4.78, 5) is 2.74. The third-order valence-electron chi connectivity index (χ3n) is 4.26. The Hall–Kier alpha value is -0.0800. The van der Waals surface area contributed by atoms with Crippen molar-refractivity contribution in [3.05, 3.63) is 0 Å². The second-order valence-electron chi connectivity index (χ2n) is 6.29. The van der Waals surface area contributed by atoms with Crippen LogP contribution in [0.4, 0.5) is 0 Å². The second-order valence-corrected chi connectivity index (χ2v) is 6.29. The largest absolute Gasteiger partial charge is 0.313 e. The van der Waals surface area contributed by atoms with Gasteiger partial charge in [0.1, 0.15) is 0 Å². The Morgan fingerprint density at radius 2 is 1.72 bits per heavy atom. The molecular weight excluding hydrogens is 220 g/mol. The monoisotopic (exact) mass is 254 g/mol. The van der Waals surface area contributed by atoms with E-state index >= 15 is 0 Å².